The van der Waals surface area contributed by atoms with Gasteiger partial charge < -0.3 is 14.2 Å². The number of carbonyl (C=O) groups excluding carboxylic acids is 1. The van der Waals surface area contributed by atoms with Gasteiger partial charge in [-0.15, -0.1) is 6.58 Å². The Kier molecular flexibility index (Phi) is 7.72. The smallest absolute Gasteiger partial charge is 0.185 e. The molecule has 0 aliphatic rings. The van der Waals surface area contributed by atoms with Gasteiger partial charge in [-0.1, -0.05) is 12.2 Å². The van der Waals surface area contributed by atoms with Gasteiger partial charge in [0, 0.05) is 11.1 Å². The maximum absolute atomic E-state index is 12.6. The third-order valence-corrected chi connectivity index (χ3v) is 4.17. The Morgan fingerprint density at radius 3 is 1.87 bits per heavy atom. The van der Waals surface area contributed by atoms with E-state index in [9.17, 15) is 4.79 Å². The van der Waals surface area contributed by atoms with Crippen molar-refractivity contribution in [3.05, 3.63) is 71.8 Å². The van der Waals surface area contributed by atoms with E-state index in [0.29, 0.717) is 17.7 Å². The van der Waals surface area contributed by atoms with Gasteiger partial charge in [0.15, 0.2) is 5.78 Å². The fraction of sp³-hybridized carbons (Fsp3) is 0.370. The Morgan fingerprint density at radius 1 is 0.935 bits per heavy atom. The second kappa shape index (κ2) is 9.86. The molecule has 0 atom stereocenters. The summed E-state index contributed by atoms with van der Waals surface area (Å²) in [5.74, 6) is 2.08. The van der Waals surface area contributed by atoms with E-state index in [1.165, 1.54) is 0 Å². The molecule has 0 unspecified atom stereocenters. The van der Waals surface area contributed by atoms with Gasteiger partial charge in [-0.25, -0.2) is 0 Å². The van der Waals surface area contributed by atoms with Gasteiger partial charge in [0.05, 0.1) is 7.11 Å². The molecule has 0 N–H and O–H groups in total. The monoisotopic (exact) mass is 422 g/mol. The predicted molar refractivity (Wildman–Crippen MR) is 127 cm³/mol. The maximum atomic E-state index is 12.6. The van der Waals surface area contributed by atoms with Gasteiger partial charge in [0.1, 0.15) is 28.5 Å². The molecule has 4 nitrogen and oxygen atoms in total. The molecule has 2 aromatic rings. The van der Waals surface area contributed by atoms with Crippen LogP contribution in [0.15, 0.2) is 55.1 Å². The average Bonchev–Trinajstić information content (AvgIpc) is 2.66. The lowest BCUT2D eigenvalue weighted by Crippen LogP contribution is -2.26. The summed E-state index contributed by atoms with van der Waals surface area (Å²) in [6, 6.07) is 10.9. The zero-order valence-corrected chi connectivity index (χ0v) is 19.7. The molecule has 0 saturated heterocycles. The Labute approximate surface area is 186 Å². The predicted octanol–water partition coefficient (Wildman–Crippen LogP) is 6.67. The van der Waals surface area contributed by atoms with E-state index in [1.807, 2.05) is 59.8 Å². The van der Waals surface area contributed by atoms with Crippen LogP contribution in [0.5, 0.6) is 17.2 Å². The summed E-state index contributed by atoms with van der Waals surface area (Å²) in [6.45, 7) is 15.9. The highest BCUT2D eigenvalue weighted by molar-refractivity contribution is 6.06. The van der Waals surface area contributed by atoms with E-state index in [4.69, 9.17) is 14.2 Å². The van der Waals surface area contributed by atoms with Crippen LogP contribution in [-0.2, 0) is 6.42 Å². The van der Waals surface area contributed by atoms with Gasteiger partial charge in [0.25, 0.3) is 0 Å². The first kappa shape index (κ1) is 24.3. The van der Waals surface area contributed by atoms with E-state index in [-0.39, 0.29) is 17.0 Å². The molecule has 0 bridgehead atoms. The molecule has 0 aliphatic carbocycles. The van der Waals surface area contributed by atoms with Crippen LogP contribution in [0.3, 0.4) is 0 Å². The van der Waals surface area contributed by atoms with Crippen molar-refractivity contribution in [1.29, 1.82) is 0 Å². The molecular weight excluding hydrogens is 388 g/mol. The van der Waals surface area contributed by atoms with Crippen molar-refractivity contribution in [3.8, 4) is 17.2 Å². The molecule has 166 valence electrons. The topological polar surface area (TPSA) is 44.8 Å². The molecule has 0 spiro atoms. The molecule has 0 radical (unpaired) electrons. The standard InChI is InChI=1S/C27H34O4/c1-9-10-22-24(30-26(2,3)4)17-19(18-25(22)31-27(5,6)7)11-16-23(28)20-12-14-21(29-8)15-13-20/h9,11-18H,1,10H2,2-8H3. The van der Waals surface area contributed by atoms with Crippen molar-refractivity contribution in [2.75, 3.05) is 7.11 Å². The second-order valence-electron chi connectivity index (χ2n) is 9.34. The Morgan fingerprint density at radius 2 is 1.45 bits per heavy atom. The summed E-state index contributed by atoms with van der Waals surface area (Å²) in [5.41, 5.74) is 1.61. The number of hydrogen-bond donors (Lipinski definition) is 0. The number of carbonyl (C=O) groups is 1. The van der Waals surface area contributed by atoms with E-state index in [1.54, 1.807) is 43.5 Å². The zero-order chi connectivity index (χ0) is 23.2. The summed E-state index contributed by atoms with van der Waals surface area (Å²) in [6.07, 6.45) is 5.80. The highest BCUT2D eigenvalue weighted by Gasteiger charge is 2.21. The van der Waals surface area contributed by atoms with Crippen LogP contribution in [0.25, 0.3) is 6.08 Å². The number of methoxy groups -OCH3 is 1. The maximum Gasteiger partial charge on any atom is 0.185 e. The SMILES string of the molecule is C=CCc1c(OC(C)(C)C)cc(C=CC(=O)c2ccc(OC)cc2)cc1OC(C)(C)C. The fourth-order valence-corrected chi connectivity index (χ4v) is 2.95. The number of ketones is 1. The van der Waals surface area contributed by atoms with Gasteiger partial charge in [-0.3, -0.25) is 4.79 Å². The highest BCUT2D eigenvalue weighted by Crippen LogP contribution is 2.36. The number of hydrogen-bond acceptors (Lipinski definition) is 4. The van der Waals surface area contributed by atoms with Crippen LogP contribution in [0.1, 0.15) is 63.0 Å². The molecule has 4 heteroatoms. The van der Waals surface area contributed by atoms with Crippen LogP contribution in [0.4, 0.5) is 0 Å². The minimum Gasteiger partial charge on any atom is -0.497 e. The number of benzene rings is 2. The van der Waals surface area contributed by atoms with Crippen molar-refractivity contribution in [3.63, 3.8) is 0 Å². The molecule has 0 saturated carbocycles. The first-order valence-electron chi connectivity index (χ1n) is 10.4. The molecular formula is C27H34O4. The second-order valence-corrected chi connectivity index (χ2v) is 9.34. The van der Waals surface area contributed by atoms with Crippen molar-refractivity contribution >= 4 is 11.9 Å². The lowest BCUT2D eigenvalue weighted by atomic mass is 10.0. The van der Waals surface area contributed by atoms with Gasteiger partial charge >= 0.3 is 0 Å². The van der Waals surface area contributed by atoms with Crippen LogP contribution in [0, 0.1) is 0 Å². The third kappa shape index (κ3) is 7.63. The van der Waals surface area contributed by atoms with Crippen molar-refractivity contribution in [1.82, 2.24) is 0 Å². The van der Waals surface area contributed by atoms with Gasteiger partial charge in [0.2, 0.25) is 0 Å². The number of rotatable bonds is 8. The Balaban J connectivity index is 2.45. The molecule has 31 heavy (non-hydrogen) atoms. The van der Waals surface area contributed by atoms with Gasteiger partial charge in [-0.05, 0) is 96.0 Å². The molecule has 0 fully saturated rings. The molecule has 0 aromatic heterocycles. The van der Waals surface area contributed by atoms with Crippen molar-refractivity contribution in [2.24, 2.45) is 0 Å². The molecule has 2 aromatic carbocycles. The summed E-state index contributed by atoms with van der Waals surface area (Å²) in [7, 11) is 1.60. The molecule has 0 heterocycles. The largest absolute Gasteiger partial charge is 0.497 e. The Bertz CT molecular complexity index is 902. The number of ether oxygens (including phenoxy) is 3. The summed E-state index contributed by atoms with van der Waals surface area (Å²) in [4.78, 5) is 12.6. The lowest BCUT2D eigenvalue weighted by Gasteiger charge is -2.28. The van der Waals surface area contributed by atoms with Crippen LogP contribution in [-0.4, -0.2) is 24.1 Å². The summed E-state index contributed by atoms with van der Waals surface area (Å²) < 4.78 is 17.6. The van der Waals surface area contributed by atoms with Crippen LogP contribution >= 0.6 is 0 Å². The summed E-state index contributed by atoms with van der Waals surface area (Å²) >= 11 is 0. The first-order chi connectivity index (χ1) is 14.4. The minimum absolute atomic E-state index is 0.0885. The van der Waals surface area contributed by atoms with Gasteiger partial charge in [-0.2, -0.15) is 0 Å². The zero-order valence-electron chi connectivity index (χ0n) is 19.7. The Hall–Kier alpha value is -3.01. The molecule has 0 amide bonds. The van der Waals surface area contributed by atoms with E-state index >= 15 is 0 Å². The molecule has 0 aliphatic heterocycles. The molecule has 2 rings (SSSR count). The lowest BCUT2D eigenvalue weighted by molar-refractivity contribution is 0.104. The quantitative estimate of drug-likeness (QED) is 0.271. The first-order valence-corrected chi connectivity index (χ1v) is 10.4. The fourth-order valence-electron chi connectivity index (χ4n) is 2.95. The average molecular weight is 423 g/mol. The van der Waals surface area contributed by atoms with E-state index < -0.39 is 0 Å². The van der Waals surface area contributed by atoms with Crippen LogP contribution < -0.4 is 14.2 Å². The van der Waals surface area contributed by atoms with Crippen molar-refractivity contribution < 1.29 is 19.0 Å². The minimum atomic E-state index is -0.379. The van der Waals surface area contributed by atoms with Crippen molar-refractivity contribution in [2.45, 2.75) is 59.2 Å². The third-order valence-electron chi connectivity index (χ3n) is 4.17. The number of allylic oxidation sites excluding steroid dienone is 2. The highest BCUT2D eigenvalue weighted by atomic mass is 16.5. The summed E-state index contributed by atoms with van der Waals surface area (Å²) in [5, 5.41) is 0. The van der Waals surface area contributed by atoms with Crippen LogP contribution in [0.2, 0.25) is 0 Å². The van der Waals surface area contributed by atoms with E-state index in [0.717, 1.165) is 22.6 Å². The van der Waals surface area contributed by atoms with E-state index in [2.05, 4.69) is 6.58 Å². The normalized spacial score (nSPS) is 12.0.